The number of sulfonamides is 1. The van der Waals surface area contributed by atoms with Gasteiger partial charge < -0.3 is 5.32 Å². The average molecular weight is 329 g/mol. The van der Waals surface area contributed by atoms with E-state index in [1.54, 1.807) is 25.1 Å². The third-order valence-corrected chi connectivity index (χ3v) is 4.27. The smallest absolute Gasteiger partial charge is 0.238 e. The zero-order chi connectivity index (χ0) is 15.6. The van der Waals surface area contributed by atoms with Gasteiger partial charge in [-0.1, -0.05) is 17.7 Å². The molecule has 0 amide bonds. The van der Waals surface area contributed by atoms with Crippen LogP contribution in [0.2, 0.25) is 5.02 Å². The SMILES string of the molecule is Cc1c(NCc2cc(F)cc(Cl)c2)cccc1S(N)(=O)=O. The minimum absolute atomic E-state index is 0.0600. The molecule has 0 radical (unpaired) electrons. The molecule has 0 aliphatic rings. The van der Waals surface area contributed by atoms with E-state index in [1.165, 1.54) is 18.2 Å². The van der Waals surface area contributed by atoms with E-state index >= 15 is 0 Å². The number of anilines is 1. The second kappa shape index (κ2) is 6.01. The molecule has 0 heterocycles. The van der Waals surface area contributed by atoms with Gasteiger partial charge in [-0.15, -0.1) is 0 Å². The Hall–Kier alpha value is -1.63. The molecule has 0 atom stereocenters. The summed E-state index contributed by atoms with van der Waals surface area (Å²) in [4.78, 5) is 0.0600. The summed E-state index contributed by atoms with van der Waals surface area (Å²) in [5.41, 5.74) is 1.78. The molecule has 0 unspecified atom stereocenters. The van der Waals surface area contributed by atoms with Crippen LogP contribution in [0.25, 0.3) is 0 Å². The molecule has 2 aromatic rings. The third kappa shape index (κ3) is 3.93. The molecular formula is C14H14ClFN2O2S. The highest BCUT2D eigenvalue weighted by molar-refractivity contribution is 7.89. The van der Waals surface area contributed by atoms with Gasteiger partial charge in [0.05, 0.1) is 4.90 Å². The van der Waals surface area contributed by atoms with Crippen molar-refractivity contribution in [1.82, 2.24) is 0 Å². The maximum absolute atomic E-state index is 13.2. The van der Waals surface area contributed by atoms with E-state index in [9.17, 15) is 12.8 Å². The molecule has 21 heavy (non-hydrogen) atoms. The number of benzene rings is 2. The summed E-state index contributed by atoms with van der Waals surface area (Å²) in [5, 5.41) is 8.51. The van der Waals surface area contributed by atoms with Gasteiger partial charge in [-0.2, -0.15) is 0 Å². The third-order valence-electron chi connectivity index (χ3n) is 3.00. The number of nitrogens with two attached hydrogens (primary N) is 1. The monoisotopic (exact) mass is 328 g/mol. The summed E-state index contributed by atoms with van der Waals surface area (Å²) in [6, 6.07) is 8.97. The highest BCUT2D eigenvalue weighted by Crippen LogP contribution is 2.23. The van der Waals surface area contributed by atoms with Crippen LogP contribution in [0.15, 0.2) is 41.3 Å². The number of nitrogens with one attached hydrogen (secondary N) is 1. The first-order chi connectivity index (χ1) is 9.77. The molecule has 112 valence electrons. The van der Waals surface area contributed by atoms with Crippen molar-refractivity contribution in [3.63, 3.8) is 0 Å². The molecular weight excluding hydrogens is 315 g/mol. The fourth-order valence-corrected chi connectivity index (χ4v) is 3.07. The van der Waals surface area contributed by atoms with Crippen LogP contribution in [-0.4, -0.2) is 8.42 Å². The number of halogens is 2. The lowest BCUT2D eigenvalue weighted by Gasteiger charge is -2.12. The van der Waals surface area contributed by atoms with Gasteiger partial charge in [0.25, 0.3) is 0 Å². The van der Waals surface area contributed by atoms with E-state index in [0.717, 1.165) is 0 Å². The van der Waals surface area contributed by atoms with Crippen LogP contribution in [0.4, 0.5) is 10.1 Å². The van der Waals surface area contributed by atoms with Crippen LogP contribution >= 0.6 is 11.6 Å². The molecule has 2 aromatic carbocycles. The zero-order valence-corrected chi connectivity index (χ0v) is 12.8. The molecule has 0 saturated carbocycles. The fraction of sp³-hybridized carbons (Fsp3) is 0.143. The summed E-state index contributed by atoms with van der Waals surface area (Å²) < 4.78 is 36.2. The van der Waals surface area contributed by atoms with Gasteiger partial charge in [-0.05, 0) is 48.4 Å². The lowest BCUT2D eigenvalue weighted by Crippen LogP contribution is -2.14. The molecule has 0 saturated heterocycles. The second-order valence-electron chi connectivity index (χ2n) is 4.60. The number of primary sulfonamides is 1. The van der Waals surface area contributed by atoms with Crippen molar-refractivity contribution < 1.29 is 12.8 Å². The van der Waals surface area contributed by atoms with Crippen LogP contribution in [0.1, 0.15) is 11.1 Å². The van der Waals surface area contributed by atoms with Crippen LogP contribution < -0.4 is 10.5 Å². The van der Waals surface area contributed by atoms with Gasteiger partial charge in [0.1, 0.15) is 5.82 Å². The van der Waals surface area contributed by atoms with E-state index in [0.29, 0.717) is 28.4 Å². The van der Waals surface area contributed by atoms with Gasteiger partial charge in [-0.25, -0.2) is 17.9 Å². The van der Waals surface area contributed by atoms with Crippen LogP contribution in [0.3, 0.4) is 0 Å². The standard InChI is InChI=1S/C14H14ClFN2O2S/c1-9-13(3-2-4-14(9)21(17,19)20)18-8-10-5-11(15)7-12(16)6-10/h2-7,18H,8H2,1H3,(H2,17,19,20). The second-order valence-corrected chi connectivity index (χ2v) is 6.57. The van der Waals surface area contributed by atoms with Crippen molar-refractivity contribution in [2.75, 3.05) is 5.32 Å². The topological polar surface area (TPSA) is 72.2 Å². The van der Waals surface area contributed by atoms with E-state index < -0.39 is 15.8 Å². The van der Waals surface area contributed by atoms with Crippen molar-refractivity contribution >= 4 is 27.3 Å². The average Bonchev–Trinajstić information content (AvgIpc) is 2.35. The van der Waals surface area contributed by atoms with Gasteiger partial charge in [0.2, 0.25) is 10.0 Å². The van der Waals surface area contributed by atoms with Crippen LogP contribution in [-0.2, 0) is 16.6 Å². The van der Waals surface area contributed by atoms with E-state index in [1.807, 2.05) is 0 Å². The molecule has 0 aliphatic heterocycles. The lowest BCUT2D eigenvalue weighted by atomic mass is 10.1. The molecule has 0 aromatic heterocycles. The van der Waals surface area contributed by atoms with Crippen molar-refractivity contribution in [2.45, 2.75) is 18.4 Å². The van der Waals surface area contributed by atoms with E-state index in [4.69, 9.17) is 16.7 Å². The van der Waals surface area contributed by atoms with Crippen LogP contribution in [0, 0.1) is 12.7 Å². The Morgan fingerprint density at radius 1 is 1.29 bits per heavy atom. The molecule has 0 bridgehead atoms. The lowest BCUT2D eigenvalue weighted by molar-refractivity contribution is 0.597. The highest BCUT2D eigenvalue weighted by Gasteiger charge is 2.13. The number of hydrogen-bond acceptors (Lipinski definition) is 3. The summed E-state index contributed by atoms with van der Waals surface area (Å²) in [5.74, 6) is -0.422. The molecule has 0 aliphatic carbocycles. The molecule has 7 heteroatoms. The first-order valence-corrected chi connectivity index (χ1v) is 8.01. The number of hydrogen-bond donors (Lipinski definition) is 2. The van der Waals surface area contributed by atoms with Crippen molar-refractivity contribution in [2.24, 2.45) is 5.14 Å². The first kappa shape index (κ1) is 15.8. The molecule has 0 fully saturated rings. The predicted molar refractivity (Wildman–Crippen MR) is 81.3 cm³/mol. The molecule has 0 spiro atoms. The Balaban J connectivity index is 2.25. The predicted octanol–water partition coefficient (Wildman–Crippen LogP) is 3.05. The maximum Gasteiger partial charge on any atom is 0.238 e. The van der Waals surface area contributed by atoms with Crippen molar-refractivity contribution in [3.05, 3.63) is 58.4 Å². The van der Waals surface area contributed by atoms with Gasteiger partial charge in [0.15, 0.2) is 0 Å². The van der Waals surface area contributed by atoms with Gasteiger partial charge in [-0.3, -0.25) is 0 Å². The molecule has 2 rings (SSSR count). The summed E-state index contributed by atoms with van der Waals surface area (Å²) in [6.45, 7) is 1.97. The summed E-state index contributed by atoms with van der Waals surface area (Å²) in [7, 11) is -3.77. The van der Waals surface area contributed by atoms with Gasteiger partial charge in [0, 0.05) is 17.3 Å². The van der Waals surface area contributed by atoms with E-state index in [-0.39, 0.29) is 4.90 Å². The Labute approximate surface area is 127 Å². The Kier molecular flexibility index (Phi) is 4.51. The Bertz CT molecular complexity index is 758. The van der Waals surface area contributed by atoms with Crippen LogP contribution in [0.5, 0.6) is 0 Å². The minimum atomic E-state index is -3.77. The Morgan fingerprint density at radius 3 is 2.62 bits per heavy atom. The summed E-state index contributed by atoms with van der Waals surface area (Å²) >= 11 is 5.78. The zero-order valence-electron chi connectivity index (χ0n) is 11.2. The Morgan fingerprint density at radius 2 is 2.00 bits per heavy atom. The quantitative estimate of drug-likeness (QED) is 0.906. The molecule has 4 nitrogen and oxygen atoms in total. The molecule has 3 N–H and O–H groups in total. The highest BCUT2D eigenvalue weighted by atomic mass is 35.5. The van der Waals surface area contributed by atoms with Crippen molar-refractivity contribution in [1.29, 1.82) is 0 Å². The maximum atomic E-state index is 13.2. The fourth-order valence-electron chi connectivity index (χ4n) is 2.02. The first-order valence-electron chi connectivity index (χ1n) is 6.08. The summed E-state index contributed by atoms with van der Waals surface area (Å²) in [6.07, 6.45) is 0. The van der Waals surface area contributed by atoms with Gasteiger partial charge >= 0.3 is 0 Å². The van der Waals surface area contributed by atoms with E-state index in [2.05, 4.69) is 5.32 Å². The largest absolute Gasteiger partial charge is 0.381 e. The minimum Gasteiger partial charge on any atom is -0.381 e. The van der Waals surface area contributed by atoms with Crippen molar-refractivity contribution in [3.8, 4) is 0 Å². The normalized spacial score (nSPS) is 11.4. The number of rotatable bonds is 4.